The molecule has 0 fully saturated rings. The van der Waals surface area contributed by atoms with Crippen molar-refractivity contribution in [3.05, 3.63) is 57.6 Å². The van der Waals surface area contributed by atoms with E-state index in [1.165, 1.54) is 12.1 Å². The molecule has 142 valence electrons. The van der Waals surface area contributed by atoms with Gasteiger partial charge in [0.25, 0.3) is 0 Å². The van der Waals surface area contributed by atoms with E-state index >= 15 is 0 Å². The van der Waals surface area contributed by atoms with E-state index in [0.717, 1.165) is 17.2 Å². The molecule has 1 heterocycles. The van der Waals surface area contributed by atoms with Crippen LogP contribution in [0.3, 0.4) is 0 Å². The van der Waals surface area contributed by atoms with Gasteiger partial charge in [0.2, 0.25) is 6.10 Å². The third-order valence-electron chi connectivity index (χ3n) is 4.02. The summed E-state index contributed by atoms with van der Waals surface area (Å²) in [5.74, 6) is -1.42. The van der Waals surface area contributed by atoms with Crippen LogP contribution >= 0.6 is 11.6 Å². The van der Waals surface area contributed by atoms with Gasteiger partial charge in [0.05, 0.1) is 16.2 Å². The van der Waals surface area contributed by atoms with E-state index in [0.29, 0.717) is 5.75 Å². The van der Waals surface area contributed by atoms with Gasteiger partial charge in [-0.1, -0.05) is 29.3 Å². The number of benzene rings is 2. The van der Waals surface area contributed by atoms with Crippen molar-refractivity contribution in [3.8, 4) is 17.2 Å². The Bertz CT molecular complexity index is 951. The van der Waals surface area contributed by atoms with Crippen molar-refractivity contribution < 1.29 is 32.5 Å². The molecule has 27 heavy (non-hydrogen) atoms. The summed E-state index contributed by atoms with van der Waals surface area (Å²) in [5, 5.41) is 9.31. The second-order valence-electron chi connectivity index (χ2n) is 6.10. The summed E-state index contributed by atoms with van der Waals surface area (Å²) in [6.45, 7) is 3.71. The number of fused-ring (bicyclic) bond motifs is 1. The van der Waals surface area contributed by atoms with Crippen LogP contribution in [-0.4, -0.2) is 23.4 Å². The number of ether oxygens (including phenoxy) is 2. The smallest absolute Gasteiger partial charge is 0.430 e. The molecule has 0 spiro atoms. The SMILES string of the molecule is Cc1ccc(Oc2c(Cl)ccc3c2C=C(C(=O)O)C(C(F)(F)F)O3)c(C)c1. The number of hydrogen-bond acceptors (Lipinski definition) is 3. The zero-order valence-corrected chi connectivity index (χ0v) is 15.0. The molecular weight excluding hydrogens is 385 g/mol. The van der Waals surface area contributed by atoms with Gasteiger partial charge < -0.3 is 14.6 Å². The van der Waals surface area contributed by atoms with Gasteiger partial charge in [-0.15, -0.1) is 0 Å². The Hall–Kier alpha value is -2.67. The Labute approximate surface area is 157 Å². The van der Waals surface area contributed by atoms with Crippen molar-refractivity contribution >= 4 is 23.6 Å². The van der Waals surface area contributed by atoms with Crippen LogP contribution in [0.5, 0.6) is 17.2 Å². The Kier molecular flexibility index (Phi) is 4.82. The number of rotatable bonds is 3. The van der Waals surface area contributed by atoms with Crippen LogP contribution in [0, 0.1) is 13.8 Å². The summed E-state index contributed by atoms with van der Waals surface area (Å²) in [4.78, 5) is 11.3. The van der Waals surface area contributed by atoms with E-state index in [4.69, 9.17) is 21.1 Å². The van der Waals surface area contributed by atoms with Crippen molar-refractivity contribution in [2.45, 2.75) is 26.1 Å². The minimum Gasteiger partial charge on any atom is -0.478 e. The first-order chi connectivity index (χ1) is 12.6. The maximum absolute atomic E-state index is 13.2. The van der Waals surface area contributed by atoms with E-state index in [1.54, 1.807) is 19.1 Å². The molecule has 8 heteroatoms. The van der Waals surface area contributed by atoms with Crippen LogP contribution < -0.4 is 9.47 Å². The summed E-state index contributed by atoms with van der Waals surface area (Å²) >= 11 is 6.17. The van der Waals surface area contributed by atoms with Crippen molar-refractivity contribution in [2.24, 2.45) is 0 Å². The van der Waals surface area contributed by atoms with E-state index in [1.807, 2.05) is 13.0 Å². The van der Waals surface area contributed by atoms with Gasteiger partial charge in [0.15, 0.2) is 5.75 Å². The molecule has 2 aromatic rings. The minimum absolute atomic E-state index is 0.0282. The molecule has 0 saturated carbocycles. The van der Waals surface area contributed by atoms with Crippen LogP contribution in [0.15, 0.2) is 35.9 Å². The first kappa shape index (κ1) is 19.1. The summed E-state index contributed by atoms with van der Waals surface area (Å²) in [6, 6.07) is 7.96. The molecule has 0 radical (unpaired) electrons. The molecular formula is C19H14ClF3O4. The molecule has 1 unspecified atom stereocenters. The second kappa shape index (κ2) is 6.81. The third-order valence-corrected chi connectivity index (χ3v) is 4.32. The maximum Gasteiger partial charge on any atom is 0.430 e. The molecule has 0 saturated heterocycles. The van der Waals surface area contributed by atoms with E-state index < -0.39 is 23.8 Å². The quantitative estimate of drug-likeness (QED) is 0.737. The first-order valence-electron chi connectivity index (χ1n) is 7.84. The first-order valence-corrected chi connectivity index (χ1v) is 8.21. The average molecular weight is 399 g/mol. The Morgan fingerprint density at radius 2 is 1.93 bits per heavy atom. The average Bonchev–Trinajstić information content (AvgIpc) is 2.57. The van der Waals surface area contributed by atoms with Gasteiger partial charge in [0, 0.05) is 0 Å². The maximum atomic E-state index is 13.2. The van der Waals surface area contributed by atoms with Crippen molar-refractivity contribution in [1.29, 1.82) is 0 Å². The standard InChI is InChI=1S/C19H14ClF3O4/c1-9-3-5-14(10(2)7-9)26-16-11-8-12(18(24)25)17(19(21,22)23)27-15(11)6-4-13(16)20/h3-8,17H,1-2H3,(H,24,25). The fourth-order valence-corrected chi connectivity index (χ4v) is 2.96. The monoisotopic (exact) mass is 398 g/mol. The van der Waals surface area contributed by atoms with Gasteiger partial charge in [-0.05, 0) is 43.7 Å². The van der Waals surface area contributed by atoms with E-state index in [2.05, 4.69) is 0 Å². The normalized spacial score (nSPS) is 16.2. The predicted octanol–water partition coefficient (Wildman–Crippen LogP) is 5.54. The Morgan fingerprint density at radius 1 is 1.22 bits per heavy atom. The van der Waals surface area contributed by atoms with Crippen LogP contribution in [-0.2, 0) is 4.79 Å². The predicted molar refractivity (Wildman–Crippen MR) is 93.5 cm³/mol. The number of carboxylic acids is 1. The van der Waals surface area contributed by atoms with Crippen molar-refractivity contribution in [1.82, 2.24) is 0 Å². The minimum atomic E-state index is -4.88. The Morgan fingerprint density at radius 3 is 2.52 bits per heavy atom. The van der Waals surface area contributed by atoms with Crippen LogP contribution in [0.1, 0.15) is 16.7 Å². The highest BCUT2D eigenvalue weighted by atomic mass is 35.5. The van der Waals surface area contributed by atoms with Gasteiger partial charge in [0.1, 0.15) is 11.5 Å². The summed E-state index contributed by atoms with van der Waals surface area (Å²) in [6.07, 6.45) is -6.56. The fraction of sp³-hybridized carbons (Fsp3) is 0.211. The van der Waals surface area contributed by atoms with Crippen LogP contribution in [0.25, 0.3) is 6.08 Å². The molecule has 1 aliphatic heterocycles. The van der Waals surface area contributed by atoms with Gasteiger partial charge in [-0.2, -0.15) is 13.2 Å². The molecule has 0 aliphatic carbocycles. The highest BCUT2D eigenvalue weighted by Crippen LogP contribution is 2.45. The molecule has 3 rings (SSSR count). The number of carbonyl (C=O) groups is 1. The third kappa shape index (κ3) is 3.73. The number of alkyl halides is 3. The number of aliphatic carboxylic acids is 1. The molecule has 1 N–H and O–H groups in total. The van der Waals surface area contributed by atoms with Crippen LogP contribution in [0.4, 0.5) is 13.2 Å². The van der Waals surface area contributed by atoms with Gasteiger partial charge in [-0.3, -0.25) is 0 Å². The van der Waals surface area contributed by atoms with Crippen LogP contribution in [0.2, 0.25) is 5.02 Å². The number of aryl methyl sites for hydroxylation is 2. The largest absolute Gasteiger partial charge is 0.478 e. The number of carboxylic acid groups (broad SMARTS) is 1. The summed E-state index contributed by atoms with van der Waals surface area (Å²) in [5.41, 5.74) is 0.893. The lowest BCUT2D eigenvalue weighted by molar-refractivity contribution is -0.187. The lowest BCUT2D eigenvalue weighted by Gasteiger charge is -2.28. The van der Waals surface area contributed by atoms with Gasteiger partial charge >= 0.3 is 12.1 Å². The zero-order chi connectivity index (χ0) is 19.9. The molecule has 1 aliphatic rings. The molecule has 0 amide bonds. The molecule has 4 nitrogen and oxygen atoms in total. The Balaban J connectivity index is 2.12. The summed E-state index contributed by atoms with van der Waals surface area (Å²) < 4.78 is 50.3. The molecule has 0 aromatic heterocycles. The van der Waals surface area contributed by atoms with Crippen molar-refractivity contribution in [3.63, 3.8) is 0 Å². The molecule has 1 atom stereocenters. The molecule has 2 aromatic carbocycles. The highest BCUT2D eigenvalue weighted by molar-refractivity contribution is 6.32. The fourth-order valence-electron chi connectivity index (χ4n) is 2.76. The van der Waals surface area contributed by atoms with Gasteiger partial charge in [-0.25, -0.2) is 4.79 Å². The zero-order valence-electron chi connectivity index (χ0n) is 14.2. The molecule has 0 bridgehead atoms. The number of halogens is 4. The summed E-state index contributed by atoms with van der Waals surface area (Å²) in [7, 11) is 0. The second-order valence-corrected chi connectivity index (χ2v) is 6.51. The lowest BCUT2D eigenvalue weighted by atomic mass is 10.0. The van der Waals surface area contributed by atoms with E-state index in [-0.39, 0.29) is 22.1 Å². The number of hydrogen-bond donors (Lipinski definition) is 1. The highest BCUT2D eigenvalue weighted by Gasteiger charge is 2.48. The van der Waals surface area contributed by atoms with Crippen molar-refractivity contribution in [2.75, 3.05) is 0 Å². The topological polar surface area (TPSA) is 55.8 Å². The lowest BCUT2D eigenvalue weighted by Crippen LogP contribution is -2.40. The van der Waals surface area contributed by atoms with E-state index in [9.17, 15) is 23.1 Å².